The molecule has 2 aromatic carbocycles. The molecule has 0 spiro atoms. The molecule has 3 atom stereocenters. The minimum Gasteiger partial charge on any atom is -0.480 e. The zero-order valence-corrected chi connectivity index (χ0v) is 27.8. The number of aliphatic carboxylic acids is 2. The Morgan fingerprint density at radius 3 is 2.06 bits per heavy atom. The van der Waals surface area contributed by atoms with Gasteiger partial charge in [-0.2, -0.15) is 0 Å². The van der Waals surface area contributed by atoms with Crippen molar-refractivity contribution in [2.45, 2.75) is 89.3 Å². The summed E-state index contributed by atoms with van der Waals surface area (Å²) in [5, 5.41) is 34.6. The number of carboxylic acid groups (broad SMARTS) is 2. The van der Waals surface area contributed by atoms with Crippen LogP contribution in [-0.2, 0) is 30.4 Å². The molecule has 13 nitrogen and oxygen atoms in total. The highest BCUT2D eigenvalue weighted by atomic mass is 16.4. The number of hydrogen-bond acceptors (Lipinski definition) is 7. The summed E-state index contributed by atoms with van der Waals surface area (Å²) in [5.41, 5.74) is 0.909. The Morgan fingerprint density at radius 1 is 0.792 bits per heavy atom. The summed E-state index contributed by atoms with van der Waals surface area (Å²) in [6, 6.07) is 9.49. The lowest BCUT2D eigenvalue weighted by Gasteiger charge is -2.29. The third kappa shape index (κ3) is 12.6. The van der Waals surface area contributed by atoms with Crippen molar-refractivity contribution in [3.8, 4) is 0 Å². The molecule has 0 radical (unpaired) electrons. The van der Waals surface area contributed by atoms with Gasteiger partial charge in [-0.1, -0.05) is 42.5 Å². The maximum absolute atomic E-state index is 13.4. The van der Waals surface area contributed by atoms with E-state index in [1.54, 1.807) is 0 Å². The summed E-state index contributed by atoms with van der Waals surface area (Å²) in [5.74, 6) is -2.92. The Morgan fingerprint density at radius 2 is 1.44 bits per heavy atom. The molecular weight excluding hydrogens is 618 g/mol. The van der Waals surface area contributed by atoms with E-state index >= 15 is 0 Å². The van der Waals surface area contributed by atoms with Crippen LogP contribution in [0.4, 0.5) is 4.79 Å². The normalized spacial score (nSPS) is 17.8. The first-order valence-corrected chi connectivity index (χ1v) is 16.7. The van der Waals surface area contributed by atoms with E-state index in [9.17, 15) is 39.0 Å². The van der Waals surface area contributed by atoms with Gasteiger partial charge in [0, 0.05) is 25.3 Å². The van der Waals surface area contributed by atoms with E-state index in [-0.39, 0.29) is 49.3 Å². The molecule has 7 N–H and O–H groups in total. The van der Waals surface area contributed by atoms with Crippen LogP contribution in [0.2, 0.25) is 0 Å². The van der Waals surface area contributed by atoms with Gasteiger partial charge in [0.1, 0.15) is 23.9 Å². The lowest BCUT2D eigenvalue weighted by molar-refractivity contribution is -0.139. The Bertz CT molecular complexity index is 1420. The van der Waals surface area contributed by atoms with E-state index in [2.05, 4.69) is 26.6 Å². The summed E-state index contributed by atoms with van der Waals surface area (Å²) in [6.07, 6.45) is 4.37. The largest absolute Gasteiger partial charge is 0.480 e. The van der Waals surface area contributed by atoms with E-state index < -0.39 is 36.1 Å². The van der Waals surface area contributed by atoms with E-state index in [0.717, 1.165) is 48.6 Å². The molecule has 1 fully saturated rings. The van der Waals surface area contributed by atoms with Gasteiger partial charge in [-0.15, -0.1) is 0 Å². The number of rotatable bonds is 19. The monoisotopic (exact) mass is 667 g/mol. The molecule has 1 saturated carbocycles. The Hall–Kier alpha value is -4.52. The van der Waals surface area contributed by atoms with Gasteiger partial charge in [-0.3, -0.25) is 9.59 Å². The molecule has 0 saturated heterocycles. The topological polar surface area (TPSA) is 203 Å². The lowest BCUT2D eigenvalue weighted by atomic mass is 9.81. The quantitative estimate of drug-likeness (QED) is 0.110. The van der Waals surface area contributed by atoms with Crippen molar-refractivity contribution in [1.82, 2.24) is 26.6 Å². The number of urea groups is 1. The van der Waals surface area contributed by atoms with Crippen LogP contribution in [0.25, 0.3) is 10.8 Å². The molecular formula is C35H49N5O8. The number of hydrogen-bond donors (Lipinski definition) is 7. The molecule has 0 heterocycles. The zero-order valence-electron chi connectivity index (χ0n) is 27.8. The molecule has 1 aliphatic carbocycles. The van der Waals surface area contributed by atoms with Crippen LogP contribution in [0.15, 0.2) is 42.5 Å². The highest BCUT2D eigenvalue weighted by molar-refractivity contribution is 5.89. The third-order valence-corrected chi connectivity index (χ3v) is 8.81. The minimum absolute atomic E-state index is 0.0390. The number of ketones is 1. The second kappa shape index (κ2) is 19.3. The fraction of sp³-hybridized carbons (Fsp3) is 0.543. The number of amides is 4. The third-order valence-electron chi connectivity index (χ3n) is 8.81. The molecule has 4 amide bonds. The maximum atomic E-state index is 13.4. The summed E-state index contributed by atoms with van der Waals surface area (Å²) < 4.78 is 0. The average molecular weight is 668 g/mol. The molecule has 0 aliphatic heterocycles. The molecule has 1 aliphatic rings. The first kappa shape index (κ1) is 37.9. The molecule has 0 unspecified atom stereocenters. The van der Waals surface area contributed by atoms with Gasteiger partial charge in [0.25, 0.3) is 0 Å². The second-order valence-electron chi connectivity index (χ2n) is 12.6. The van der Waals surface area contributed by atoms with Crippen LogP contribution in [-0.4, -0.2) is 84.0 Å². The van der Waals surface area contributed by atoms with Crippen LogP contribution in [0, 0.1) is 11.8 Å². The number of nitrogens with one attached hydrogen (secondary N) is 5. The van der Waals surface area contributed by atoms with Gasteiger partial charge >= 0.3 is 18.0 Å². The fourth-order valence-electron chi connectivity index (χ4n) is 6.05. The van der Waals surface area contributed by atoms with Gasteiger partial charge in [0.05, 0.1) is 0 Å². The van der Waals surface area contributed by atoms with Crippen LogP contribution >= 0.6 is 0 Å². The Balaban J connectivity index is 1.54. The van der Waals surface area contributed by atoms with Crippen LogP contribution in [0.1, 0.15) is 70.3 Å². The summed E-state index contributed by atoms with van der Waals surface area (Å²) in [4.78, 5) is 73.4. The van der Waals surface area contributed by atoms with Crippen LogP contribution in [0.5, 0.6) is 0 Å². The van der Waals surface area contributed by atoms with Crippen molar-refractivity contribution >= 4 is 46.3 Å². The SMILES string of the molecule is CNCC1CCC(C(=O)N[C@@H](Cc2ccc3ccccc3c2)C(=O)NCCCC[C@H](NC(=O)N[C@@H](CCC(C)=O)C(=O)O)C(=O)O)CC1. The molecule has 2 aromatic rings. The highest BCUT2D eigenvalue weighted by Crippen LogP contribution is 2.28. The first-order chi connectivity index (χ1) is 23.0. The van der Waals surface area contributed by atoms with Gasteiger partial charge in [0.2, 0.25) is 11.8 Å². The van der Waals surface area contributed by atoms with Crippen LogP contribution in [0.3, 0.4) is 0 Å². The molecule has 3 rings (SSSR count). The number of Topliss-reactive ketones (excluding diaryl/α,β-unsaturated/α-hetero) is 1. The van der Waals surface area contributed by atoms with Crippen molar-refractivity contribution in [2.75, 3.05) is 20.1 Å². The van der Waals surface area contributed by atoms with Gasteiger partial charge < -0.3 is 41.6 Å². The first-order valence-electron chi connectivity index (χ1n) is 16.7. The number of unbranched alkanes of at least 4 members (excludes halogenated alkanes) is 1. The summed E-state index contributed by atoms with van der Waals surface area (Å²) in [7, 11) is 1.93. The Kier molecular flexibility index (Phi) is 15.3. The van der Waals surface area contributed by atoms with Crippen LogP contribution < -0.4 is 26.6 Å². The van der Waals surface area contributed by atoms with Crippen molar-refractivity contribution in [3.63, 3.8) is 0 Å². The summed E-state index contributed by atoms with van der Waals surface area (Å²) >= 11 is 0. The maximum Gasteiger partial charge on any atom is 0.326 e. The number of carbonyl (C=O) groups is 6. The van der Waals surface area contributed by atoms with Crippen molar-refractivity contribution in [1.29, 1.82) is 0 Å². The minimum atomic E-state index is -1.34. The van der Waals surface area contributed by atoms with Gasteiger partial charge in [-0.25, -0.2) is 14.4 Å². The number of benzene rings is 2. The molecule has 48 heavy (non-hydrogen) atoms. The van der Waals surface area contributed by atoms with Crippen molar-refractivity contribution in [2.24, 2.45) is 11.8 Å². The zero-order chi connectivity index (χ0) is 35.1. The average Bonchev–Trinajstić information content (AvgIpc) is 3.05. The fourth-order valence-corrected chi connectivity index (χ4v) is 6.05. The predicted octanol–water partition coefficient (Wildman–Crippen LogP) is 2.75. The number of carbonyl (C=O) groups excluding carboxylic acids is 4. The van der Waals surface area contributed by atoms with E-state index in [4.69, 9.17) is 0 Å². The Labute approximate surface area is 281 Å². The van der Waals surface area contributed by atoms with E-state index in [0.29, 0.717) is 25.2 Å². The number of fused-ring (bicyclic) bond motifs is 1. The molecule has 0 bridgehead atoms. The standard InChI is InChI=1S/C35H49N5O8/c1-22(41)10-17-29(34(46)47)40-35(48)39-28(33(44)45)9-5-6-18-37-32(43)30(20-24-13-14-25-7-3-4-8-27(25)19-24)38-31(42)26-15-11-23(12-16-26)21-36-2/h3-4,7-8,13-14,19,23,26,28-30,36H,5-6,9-12,15-18,20-21H2,1-2H3,(H,37,43)(H,38,42)(H,44,45)(H,46,47)(H2,39,40,48)/t23?,26?,28-,29-,30-/m0/s1. The predicted molar refractivity (Wildman–Crippen MR) is 180 cm³/mol. The smallest absolute Gasteiger partial charge is 0.326 e. The van der Waals surface area contributed by atoms with Crippen molar-refractivity contribution < 1.29 is 39.0 Å². The molecule has 13 heteroatoms. The lowest BCUT2D eigenvalue weighted by Crippen LogP contribution is -2.51. The van der Waals surface area contributed by atoms with E-state index in [1.807, 2.05) is 49.5 Å². The van der Waals surface area contributed by atoms with E-state index in [1.165, 1.54) is 6.92 Å². The second-order valence-corrected chi connectivity index (χ2v) is 12.6. The highest BCUT2D eigenvalue weighted by Gasteiger charge is 2.30. The molecule has 262 valence electrons. The van der Waals surface area contributed by atoms with Crippen molar-refractivity contribution in [3.05, 3.63) is 48.0 Å². The van der Waals surface area contributed by atoms with Gasteiger partial charge in [0.15, 0.2) is 0 Å². The van der Waals surface area contributed by atoms with Gasteiger partial charge in [-0.05, 0) is 94.1 Å². The number of carboxylic acids is 2. The summed E-state index contributed by atoms with van der Waals surface area (Å²) in [6.45, 7) is 2.45. The molecule has 0 aromatic heterocycles.